The number of aryl methyl sites for hydroxylation is 1. The Morgan fingerprint density at radius 1 is 1.04 bits per heavy atom. The van der Waals surface area contributed by atoms with Crippen molar-refractivity contribution in [2.24, 2.45) is 0 Å². The lowest BCUT2D eigenvalue weighted by atomic mass is 9.98. The number of nitrogens with one attached hydrogen (secondary N) is 2. The Balaban J connectivity index is 1.75. The highest BCUT2D eigenvalue weighted by molar-refractivity contribution is 6.35. The summed E-state index contributed by atoms with van der Waals surface area (Å²) in [4.78, 5) is 25.3. The summed E-state index contributed by atoms with van der Waals surface area (Å²) < 4.78 is 49.9. The highest BCUT2D eigenvalue weighted by atomic mass is 35.5. The van der Waals surface area contributed by atoms with Crippen LogP contribution in [-0.4, -0.2) is 49.9 Å². The molecule has 4 N–H and O–H groups in total. The van der Waals surface area contributed by atoms with Crippen molar-refractivity contribution in [1.82, 2.24) is 20.3 Å². The number of alkyl carbamates (subject to hydrolysis) is 1. The molecule has 2 aromatic carbocycles. The topological polar surface area (TPSA) is 129 Å². The lowest BCUT2D eigenvalue weighted by Gasteiger charge is -2.25. The molecule has 0 aliphatic carbocycles. The molecule has 0 spiro atoms. The van der Waals surface area contributed by atoms with E-state index < -0.39 is 53.8 Å². The molecule has 0 bridgehead atoms. The number of amides is 1. The number of carbonyl (C=O) groups is 1. The third-order valence-corrected chi connectivity index (χ3v) is 7.27. The van der Waals surface area contributed by atoms with Crippen LogP contribution in [0.1, 0.15) is 69.3 Å². The molecular formula is C32H35ClF3N5O4. The lowest BCUT2D eigenvalue weighted by Crippen LogP contribution is -2.36. The highest BCUT2D eigenvalue weighted by Crippen LogP contribution is 2.39. The number of anilines is 1. The van der Waals surface area contributed by atoms with E-state index in [0.717, 1.165) is 12.1 Å². The molecule has 0 saturated heterocycles. The Kier molecular flexibility index (Phi) is 9.91. The highest BCUT2D eigenvalue weighted by Gasteiger charge is 2.29. The van der Waals surface area contributed by atoms with Crippen LogP contribution in [0.15, 0.2) is 48.8 Å². The quantitative estimate of drug-likeness (QED) is 0.153. The van der Waals surface area contributed by atoms with Gasteiger partial charge < -0.3 is 25.6 Å². The summed E-state index contributed by atoms with van der Waals surface area (Å²) in [5.41, 5.74) is -0.158. The predicted molar refractivity (Wildman–Crippen MR) is 166 cm³/mol. The molecule has 240 valence electrons. The molecule has 4 aromatic rings. The van der Waals surface area contributed by atoms with E-state index in [1.807, 2.05) is 0 Å². The lowest BCUT2D eigenvalue weighted by molar-refractivity contribution is 0.0481. The Bertz CT molecular complexity index is 1690. The second-order valence-electron chi connectivity index (χ2n) is 12.1. The first kappa shape index (κ1) is 33.9. The van der Waals surface area contributed by atoms with E-state index >= 15 is 4.39 Å². The molecule has 2 aromatic heterocycles. The van der Waals surface area contributed by atoms with E-state index in [-0.39, 0.29) is 22.1 Å². The van der Waals surface area contributed by atoms with Crippen LogP contribution in [0, 0.1) is 12.7 Å². The molecule has 1 amide bonds. The monoisotopic (exact) mass is 645 g/mol. The van der Waals surface area contributed by atoms with Gasteiger partial charge in [-0.2, -0.15) is 0 Å². The van der Waals surface area contributed by atoms with Crippen LogP contribution in [0.5, 0.6) is 0 Å². The zero-order chi connectivity index (χ0) is 33.3. The third kappa shape index (κ3) is 7.99. The van der Waals surface area contributed by atoms with Crippen LogP contribution in [0.4, 0.5) is 23.7 Å². The molecule has 9 nitrogen and oxygen atoms in total. The molecular weight excluding hydrogens is 611 g/mol. The molecule has 0 radical (unpaired) electrons. The van der Waals surface area contributed by atoms with Gasteiger partial charge >= 0.3 is 6.09 Å². The fourth-order valence-electron chi connectivity index (χ4n) is 4.61. The van der Waals surface area contributed by atoms with Gasteiger partial charge in [-0.15, -0.1) is 0 Å². The fourth-order valence-corrected chi connectivity index (χ4v) is 4.81. The van der Waals surface area contributed by atoms with E-state index in [1.165, 1.54) is 18.5 Å². The van der Waals surface area contributed by atoms with E-state index in [9.17, 15) is 23.8 Å². The van der Waals surface area contributed by atoms with Crippen molar-refractivity contribution in [3.8, 4) is 11.1 Å². The van der Waals surface area contributed by atoms with Crippen LogP contribution in [-0.2, 0) is 10.3 Å². The third-order valence-electron chi connectivity index (χ3n) is 6.81. The first-order valence-electron chi connectivity index (χ1n) is 14.1. The number of nitrogens with zero attached hydrogens (tertiary/aromatic N) is 3. The maximum Gasteiger partial charge on any atom is 0.408 e. The van der Waals surface area contributed by atoms with Crippen molar-refractivity contribution in [3.63, 3.8) is 0 Å². The molecule has 45 heavy (non-hydrogen) atoms. The SMILES string of the molecule is Cc1nc2ccc(-c3cnc(C(C)(C)O)nc3)cc2c(NC(c2cc(C(CO)NC(=O)OC(C)(C)C)ccc2F)C(F)F)c1Cl. The van der Waals surface area contributed by atoms with Crippen LogP contribution in [0.3, 0.4) is 0 Å². The van der Waals surface area contributed by atoms with Gasteiger partial charge in [-0.25, -0.2) is 27.9 Å². The molecule has 2 unspecified atom stereocenters. The fraction of sp³-hybridized carbons (Fsp3) is 0.375. The standard InChI is InChI=1S/C32H35ClF3N5O4/c1-16-25(33)26(21-11-17(8-10-23(21)39-16)19-13-37-29(38-14-19)32(5,6)44)41-27(28(35)36)20-12-18(7-9-22(20)34)24(15-42)40-30(43)45-31(2,3)4/h7-14,24,27-28,42,44H,15H2,1-6H3,(H,39,41)(H,40,43). The van der Waals surface area contributed by atoms with Crippen LogP contribution >= 0.6 is 11.6 Å². The summed E-state index contributed by atoms with van der Waals surface area (Å²) in [5, 5.41) is 25.8. The first-order chi connectivity index (χ1) is 21.0. The van der Waals surface area contributed by atoms with E-state index in [0.29, 0.717) is 27.7 Å². The van der Waals surface area contributed by atoms with E-state index in [2.05, 4.69) is 25.6 Å². The van der Waals surface area contributed by atoms with Crippen molar-refractivity contribution >= 4 is 34.3 Å². The summed E-state index contributed by atoms with van der Waals surface area (Å²) in [5.74, 6) is -0.704. The van der Waals surface area contributed by atoms with Gasteiger partial charge in [0, 0.05) is 28.9 Å². The maximum absolute atomic E-state index is 15.2. The summed E-state index contributed by atoms with van der Waals surface area (Å²) in [6, 6.07) is 5.63. The van der Waals surface area contributed by atoms with Gasteiger partial charge in [-0.3, -0.25) is 4.98 Å². The van der Waals surface area contributed by atoms with Crippen molar-refractivity contribution in [3.05, 3.63) is 82.3 Å². The van der Waals surface area contributed by atoms with E-state index in [1.54, 1.807) is 59.7 Å². The second-order valence-corrected chi connectivity index (χ2v) is 12.5. The molecule has 0 saturated carbocycles. The predicted octanol–water partition coefficient (Wildman–Crippen LogP) is 7.00. The number of hydrogen-bond donors (Lipinski definition) is 4. The van der Waals surface area contributed by atoms with Gasteiger partial charge in [0.1, 0.15) is 23.1 Å². The van der Waals surface area contributed by atoms with Gasteiger partial charge in [-0.1, -0.05) is 23.7 Å². The molecule has 13 heteroatoms. The number of halogens is 4. The Hall–Kier alpha value is -4.00. The molecule has 0 aliphatic heterocycles. The number of alkyl halides is 2. The van der Waals surface area contributed by atoms with E-state index in [4.69, 9.17) is 16.3 Å². The van der Waals surface area contributed by atoms with Crippen molar-refractivity contribution < 1.29 is 32.9 Å². The molecule has 2 heterocycles. The summed E-state index contributed by atoms with van der Waals surface area (Å²) in [6.45, 7) is 9.13. The number of aliphatic hydroxyl groups excluding tert-OH is 1. The number of rotatable bonds is 9. The number of ether oxygens (including phenoxy) is 1. The number of pyridine rings is 1. The van der Waals surface area contributed by atoms with Crippen molar-refractivity contribution in [2.75, 3.05) is 11.9 Å². The first-order valence-corrected chi connectivity index (χ1v) is 14.5. The number of benzene rings is 2. The largest absolute Gasteiger partial charge is 0.444 e. The minimum atomic E-state index is -3.10. The Morgan fingerprint density at radius 2 is 1.71 bits per heavy atom. The molecule has 0 aliphatic rings. The number of hydrogen-bond acceptors (Lipinski definition) is 8. The number of aromatic nitrogens is 3. The molecule has 4 rings (SSSR count). The number of aliphatic hydroxyl groups is 2. The van der Waals surface area contributed by atoms with Gasteiger partial charge in [-0.05, 0) is 76.9 Å². The van der Waals surface area contributed by atoms with Gasteiger partial charge in [0.25, 0.3) is 6.43 Å². The number of carbonyl (C=O) groups excluding carboxylic acids is 1. The zero-order valence-electron chi connectivity index (χ0n) is 25.6. The van der Waals surface area contributed by atoms with Gasteiger partial charge in [0.05, 0.1) is 34.6 Å². The van der Waals surface area contributed by atoms with Crippen molar-refractivity contribution in [1.29, 1.82) is 0 Å². The second kappa shape index (κ2) is 13.2. The molecule has 2 atom stereocenters. The van der Waals surface area contributed by atoms with Gasteiger partial charge in [0.15, 0.2) is 5.82 Å². The minimum absolute atomic E-state index is 0.0651. The average molecular weight is 646 g/mol. The number of fused-ring (bicyclic) bond motifs is 1. The summed E-state index contributed by atoms with van der Waals surface area (Å²) in [6.07, 6.45) is -0.878. The Morgan fingerprint density at radius 3 is 2.29 bits per heavy atom. The smallest absolute Gasteiger partial charge is 0.408 e. The Labute approximate surface area is 263 Å². The normalized spacial score (nSPS) is 13.5. The van der Waals surface area contributed by atoms with Crippen LogP contribution in [0.25, 0.3) is 22.0 Å². The zero-order valence-corrected chi connectivity index (χ0v) is 26.4. The van der Waals surface area contributed by atoms with Crippen LogP contribution in [0.2, 0.25) is 5.02 Å². The molecule has 0 fully saturated rings. The summed E-state index contributed by atoms with van der Waals surface area (Å²) >= 11 is 6.62. The van der Waals surface area contributed by atoms with Crippen molar-refractivity contribution in [2.45, 2.75) is 71.3 Å². The van der Waals surface area contributed by atoms with Gasteiger partial charge in [0.2, 0.25) is 0 Å². The van der Waals surface area contributed by atoms with Crippen LogP contribution < -0.4 is 10.6 Å². The summed E-state index contributed by atoms with van der Waals surface area (Å²) in [7, 11) is 0. The minimum Gasteiger partial charge on any atom is -0.444 e. The maximum atomic E-state index is 15.2. The average Bonchev–Trinajstić information content (AvgIpc) is 2.95.